The first-order valence-electron chi connectivity index (χ1n) is 6.03. The summed E-state index contributed by atoms with van der Waals surface area (Å²) in [6, 6.07) is 15.7. The smallest absolute Gasteiger partial charge is 0.199 e. The van der Waals surface area contributed by atoms with Crippen LogP contribution in [0.3, 0.4) is 0 Å². The Morgan fingerprint density at radius 1 is 1.00 bits per heavy atom. The van der Waals surface area contributed by atoms with Crippen LogP contribution in [-0.4, -0.2) is 20.2 Å². The van der Waals surface area contributed by atoms with Gasteiger partial charge in [-0.3, -0.25) is 10.1 Å². The summed E-state index contributed by atoms with van der Waals surface area (Å²) in [5, 5.41) is 10.3. The SMILES string of the molecule is c1ccc(NCc2nc(-c3ccccn3)n[nH]2)cc1. The van der Waals surface area contributed by atoms with Crippen molar-refractivity contribution < 1.29 is 0 Å². The Bertz CT molecular complexity index is 633. The normalized spacial score (nSPS) is 10.3. The lowest BCUT2D eigenvalue weighted by Crippen LogP contribution is -2.00. The van der Waals surface area contributed by atoms with Crippen LogP contribution in [0, 0.1) is 0 Å². The molecule has 0 radical (unpaired) electrons. The molecule has 5 nitrogen and oxygen atoms in total. The zero-order chi connectivity index (χ0) is 12.9. The van der Waals surface area contributed by atoms with E-state index in [0.717, 1.165) is 17.2 Å². The zero-order valence-corrected chi connectivity index (χ0v) is 10.2. The summed E-state index contributed by atoms with van der Waals surface area (Å²) >= 11 is 0. The van der Waals surface area contributed by atoms with E-state index in [1.54, 1.807) is 6.20 Å². The van der Waals surface area contributed by atoms with Gasteiger partial charge in [-0.15, -0.1) is 0 Å². The summed E-state index contributed by atoms with van der Waals surface area (Å²) < 4.78 is 0. The van der Waals surface area contributed by atoms with Gasteiger partial charge in [0, 0.05) is 11.9 Å². The third-order valence-corrected chi connectivity index (χ3v) is 2.66. The summed E-state index contributed by atoms with van der Waals surface area (Å²) in [6.07, 6.45) is 1.73. The maximum Gasteiger partial charge on any atom is 0.199 e. The molecule has 2 N–H and O–H groups in total. The van der Waals surface area contributed by atoms with Crippen LogP contribution >= 0.6 is 0 Å². The van der Waals surface area contributed by atoms with Crippen molar-refractivity contribution >= 4 is 5.69 Å². The summed E-state index contributed by atoms with van der Waals surface area (Å²) in [4.78, 5) is 8.62. The summed E-state index contributed by atoms with van der Waals surface area (Å²) in [6.45, 7) is 0.601. The van der Waals surface area contributed by atoms with Crippen LogP contribution in [0.2, 0.25) is 0 Å². The monoisotopic (exact) mass is 251 g/mol. The molecule has 0 aliphatic heterocycles. The standard InChI is InChI=1S/C14H13N5/c1-2-6-11(7-3-1)16-10-13-17-14(19-18-13)12-8-4-5-9-15-12/h1-9,16H,10H2,(H,17,18,19). The van der Waals surface area contributed by atoms with Crippen molar-refractivity contribution in [2.45, 2.75) is 6.54 Å². The summed E-state index contributed by atoms with van der Waals surface area (Å²) in [5.74, 6) is 1.40. The van der Waals surface area contributed by atoms with Gasteiger partial charge < -0.3 is 5.32 Å². The van der Waals surface area contributed by atoms with E-state index >= 15 is 0 Å². The fourth-order valence-electron chi connectivity index (χ4n) is 1.73. The summed E-state index contributed by atoms with van der Waals surface area (Å²) in [7, 11) is 0. The quantitative estimate of drug-likeness (QED) is 0.747. The van der Waals surface area contributed by atoms with Crippen molar-refractivity contribution in [2.75, 3.05) is 5.32 Å². The Hall–Kier alpha value is -2.69. The molecule has 19 heavy (non-hydrogen) atoms. The second-order valence-electron chi connectivity index (χ2n) is 4.04. The molecule has 0 unspecified atom stereocenters. The molecule has 3 aromatic rings. The van der Waals surface area contributed by atoms with Gasteiger partial charge in [-0.2, -0.15) is 5.10 Å². The van der Waals surface area contributed by atoms with Crippen LogP contribution in [0.25, 0.3) is 11.5 Å². The fraction of sp³-hybridized carbons (Fsp3) is 0.0714. The second kappa shape index (κ2) is 5.30. The predicted octanol–water partition coefficient (Wildman–Crippen LogP) is 2.48. The molecule has 3 rings (SSSR count). The number of nitrogens with zero attached hydrogens (tertiary/aromatic N) is 3. The maximum atomic E-state index is 4.40. The highest BCUT2D eigenvalue weighted by molar-refractivity contribution is 5.48. The molecule has 2 heterocycles. The first-order valence-corrected chi connectivity index (χ1v) is 6.03. The number of hydrogen-bond donors (Lipinski definition) is 2. The van der Waals surface area contributed by atoms with E-state index in [1.165, 1.54) is 0 Å². The van der Waals surface area contributed by atoms with E-state index in [0.29, 0.717) is 12.4 Å². The molecule has 0 saturated heterocycles. The van der Waals surface area contributed by atoms with Crippen LogP contribution in [0.4, 0.5) is 5.69 Å². The molecule has 2 aromatic heterocycles. The number of anilines is 1. The van der Waals surface area contributed by atoms with Gasteiger partial charge in [0.15, 0.2) is 5.82 Å². The molecule has 0 aliphatic rings. The minimum Gasteiger partial charge on any atom is -0.378 e. The highest BCUT2D eigenvalue weighted by Crippen LogP contribution is 2.11. The van der Waals surface area contributed by atoms with Crippen molar-refractivity contribution in [1.29, 1.82) is 0 Å². The highest BCUT2D eigenvalue weighted by atomic mass is 15.2. The van der Waals surface area contributed by atoms with Crippen molar-refractivity contribution in [1.82, 2.24) is 20.2 Å². The molecular formula is C14H13N5. The van der Waals surface area contributed by atoms with Crippen molar-refractivity contribution in [3.63, 3.8) is 0 Å². The number of benzene rings is 1. The Kier molecular flexibility index (Phi) is 3.18. The van der Waals surface area contributed by atoms with E-state index in [2.05, 4.69) is 25.5 Å². The van der Waals surface area contributed by atoms with Crippen LogP contribution in [-0.2, 0) is 6.54 Å². The molecule has 94 valence electrons. The van der Waals surface area contributed by atoms with Crippen LogP contribution in [0.1, 0.15) is 5.82 Å². The second-order valence-corrected chi connectivity index (χ2v) is 4.04. The number of hydrogen-bond acceptors (Lipinski definition) is 4. The van der Waals surface area contributed by atoms with Crippen molar-refractivity contribution in [3.8, 4) is 11.5 Å². The number of aromatic amines is 1. The number of nitrogens with one attached hydrogen (secondary N) is 2. The van der Waals surface area contributed by atoms with Crippen molar-refractivity contribution in [2.24, 2.45) is 0 Å². The molecule has 0 amide bonds. The van der Waals surface area contributed by atoms with Gasteiger partial charge in [-0.25, -0.2) is 4.98 Å². The fourth-order valence-corrected chi connectivity index (χ4v) is 1.73. The number of pyridine rings is 1. The van der Waals surface area contributed by atoms with E-state index < -0.39 is 0 Å². The Balaban J connectivity index is 1.69. The largest absolute Gasteiger partial charge is 0.378 e. The molecule has 5 heteroatoms. The molecule has 1 aromatic carbocycles. The van der Waals surface area contributed by atoms with E-state index in [4.69, 9.17) is 0 Å². The van der Waals surface area contributed by atoms with Crippen LogP contribution < -0.4 is 5.32 Å². The van der Waals surface area contributed by atoms with Gasteiger partial charge in [0.25, 0.3) is 0 Å². The minimum atomic E-state index is 0.601. The Morgan fingerprint density at radius 2 is 1.84 bits per heavy atom. The lowest BCUT2D eigenvalue weighted by Gasteiger charge is -2.02. The minimum absolute atomic E-state index is 0.601. The molecule has 0 atom stereocenters. The first kappa shape index (κ1) is 11.4. The number of rotatable bonds is 4. The molecule has 0 aliphatic carbocycles. The molecule has 0 spiro atoms. The Morgan fingerprint density at radius 3 is 2.63 bits per heavy atom. The van der Waals surface area contributed by atoms with E-state index in [9.17, 15) is 0 Å². The van der Waals surface area contributed by atoms with E-state index in [-0.39, 0.29) is 0 Å². The maximum absolute atomic E-state index is 4.40. The van der Waals surface area contributed by atoms with E-state index in [1.807, 2.05) is 48.5 Å². The molecule has 0 saturated carbocycles. The van der Waals surface area contributed by atoms with Gasteiger partial charge in [0.2, 0.25) is 0 Å². The van der Waals surface area contributed by atoms with Gasteiger partial charge in [-0.1, -0.05) is 24.3 Å². The van der Waals surface area contributed by atoms with Gasteiger partial charge >= 0.3 is 0 Å². The third-order valence-electron chi connectivity index (χ3n) is 2.66. The van der Waals surface area contributed by atoms with Crippen molar-refractivity contribution in [3.05, 3.63) is 60.6 Å². The lowest BCUT2D eigenvalue weighted by molar-refractivity contribution is 0.955. The highest BCUT2D eigenvalue weighted by Gasteiger charge is 2.05. The molecule has 0 bridgehead atoms. The number of H-pyrrole nitrogens is 1. The molecular weight excluding hydrogens is 238 g/mol. The average Bonchev–Trinajstić information content (AvgIpc) is 2.96. The summed E-state index contributed by atoms with van der Waals surface area (Å²) in [5.41, 5.74) is 1.82. The topological polar surface area (TPSA) is 66.5 Å². The molecule has 0 fully saturated rings. The zero-order valence-electron chi connectivity index (χ0n) is 10.2. The first-order chi connectivity index (χ1) is 9.42. The number of para-hydroxylation sites is 1. The number of aromatic nitrogens is 4. The predicted molar refractivity (Wildman–Crippen MR) is 73.4 cm³/mol. The van der Waals surface area contributed by atoms with Crippen LogP contribution in [0.15, 0.2) is 54.7 Å². The third kappa shape index (κ3) is 2.77. The van der Waals surface area contributed by atoms with Gasteiger partial charge in [0.1, 0.15) is 11.5 Å². The van der Waals surface area contributed by atoms with Gasteiger partial charge in [-0.05, 0) is 24.3 Å². The van der Waals surface area contributed by atoms with Gasteiger partial charge in [0.05, 0.1) is 6.54 Å². The Labute approximate surface area is 110 Å². The van der Waals surface area contributed by atoms with Crippen LogP contribution in [0.5, 0.6) is 0 Å². The lowest BCUT2D eigenvalue weighted by atomic mass is 10.3. The average molecular weight is 251 g/mol.